The Morgan fingerprint density at radius 2 is 0.656 bits per heavy atom. The van der Waals surface area contributed by atoms with Gasteiger partial charge in [-0.1, -0.05) is 90.1 Å². The Kier molecular flexibility index (Phi) is 16.8. The molecule has 328 valence electrons. The fourth-order valence-electron chi connectivity index (χ4n) is 6.43. The van der Waals surface area contributed by atoms with Gasteiger partial charge in [0.2, 0.25) is 0 Å². The van der Waals surface area contributed by atoms with E-state index in [9.17, 15) is 39.6 Å². The molecule has 0 saturated heterocycles. The highest BCUT2D eigenvalue weighted by Crippen LogP contribution is 2.40. The molecule has 0 heterocycles. The van der Waals surface area contributed by atoms with E-state index in [0.29, 0.717) is 25.7 Å². The van der Waals surface area contributed by atoms with Gasteiger partial charge >= 0.3 is 23.9 Å². The summed E-state index contributed by atoms with van der Waals surface area (Å²) >= 11 is 0. The van der Waals surface area contributed by atoms with Gasteiger partial charge in [0.25, 0.3) is 0 Å². The Morgan fingerprint density at radius 1 is 0.410 bits per heavy atom. The van der Waals surface area contributed by atoms with Gasteiger partial charge in [-0.15, -0.1) is 0 Å². The van der Waals surface area contributed by atoms with Gasteiger partial charge in [-0.2, -0.15) is 0 Å². The van der Waals surface area contributed by atoms with Crippen molar-refractivity contribution in [1.29, 1.82) is 0 Å². The number of esters is 4. The summed E-state index contributed by atoms with van der Waals surface area (Å²) in [6, 6.07) is 23.0. The van der Waals surface area contributed by atoms with Crippen molar-refractivity contribution in [3.05, 3.63) is 118 Å². The van der Waals surface area contributed by atoms with E-state index in [-0.39, 0.29) is 59.5 Å². The third-order valence-electron chi connectivity index (χ3n) is 10.2. The molecule has 0 aliphatic carbocycles. The minimum absolute atomic E-state index is 0.0286. The van der Waals surface area contributed by atoms with Gasteiger partial charge in [0, 0.05) is 25.7 Å². The first-order chi connectivity index (χ1) is 28.7. The Bertz CT molecular complexity index is 1880. The Balaban J connectivity index is 1.54. The number of aryl methyl sites for hydroxylation is 4. The van der Waals surface area contributed by atoms with Crippen LogP contribution in [0.1, 0.15) is 101 Å². The largest absolute Gasteiger partial charge is 0.508 e. The third kappa shape index (κ3) is 15.8. The molecule has 0 saturated carbocycles. The zero-order chi connectivity index (χ0) is 44.8. The minimum Gasteiger partial charge on any atom is -0.508 e. The van der Waals surface area contributed by atoms with Crippen molar-refractivity contribution in [2.45, 2.75) is 104 Å². The second kappa shape index (κ2) is 21.5. The molecular formula is C49H60O12. The molecule has 0 aromatic heterocycles. The molecule has 0 fully saturated rings. The van der Waals surface area contributed by atoms with E-state index in [2.05, 4.69) is 0 Å². The molecule has 4 aromatic rings. The molecule has 4 rings (SSSR count). The molecule has 12 nitrogen and oxygen atoms in total. The molecule has 0 radical (unpaired) electrons. The van der Waals surface area contributed by atoms with Crippen molar-refractivity contribution < 1.29 is 58.6 Å². The van der Waals surface area contributed by atoms with E-state index in [1.165, 1.54) is 36.4 Å². The normalized spacial score (nSPS) is 11.8. The monoisotopic (exact) mass is 840 g/mol. The van der Waals surface area contributed by atoms with Crippen LogP contribution in [0.3, 0.4) is 0 Å². The van der Waals surface area contributed by atoms with Crippen LogP contribution >= 0.6 is 0 Å². The molecule has 4 N–H and O–H groups in total. The van der Waals surface area contributed by atoms with Gasteiger partial charge < -0.3 is 39.4 Å². The van der Waals surface area contributed by atoms with Gasteiger partial charge in [0.05, 0.1) is 0 Å². The number of hydrogen-bond acceptors (Lipinski definition) is 12. The highest BCUT2D eigenvalue weighted by molar-refractivity contribution is 5.72. The van der Waals surface area contributed by atoms with Crippen molar-refractivity contribution >= 4 is 23.9 Å². The summed E-state index contributed by atoms with van der Waals surface area (Å²) in [4.78, 5) is 52.9. The first kappa shape index (κ1) is 47.6. The van der Waals surface area contributed by atoms with E-state index in [1.807, 2.05) is 53.7 Å². The lowest BCUT2D eigenvalue weighted by molar-refractivity contribution is -0.170. The van der Waals surface area contributed by atoms with Gasteiger partial charge in [0.15, 0.2) is 0 Å². The Hall–Kier alpha value is -6.04. The number of ether oxygens (including phenoxy) is 4. The average molecular weight is 841 g/mol. The number of carbonyl (C=O) groups is 4. The lowest BCUT2D eigenvalue weighted by Crippen LogP contribution is -2.44. The van der Waals surface area contributed by atoms with Crippen LogP contribution in [0.15, 0.2) is 84.9 Å². The van der Waals surface area contributed by atoms with Crippen LogP contribution in [-0.2, 0) is 74.6 Å². The SMILES string of the molecule is CC(C)(C)c1cc(CCC(=O)OCC(COC(=O)CCc2ccc(O)cc2)(COC(=O)CCc2ccc(O)cc2)COC(=O)CCc2ccc(O)cc2)cc(C(C)(C)C)c1O. The maximum Gasteiger partial charge on any atom is 0.306 e. The minimum atomic E-state index is -1.50. The summed E-state index contributed by atoms with van der Waals surface area (Å²) in [5.41, 5.74) is 2.49. The zero-order valence-corrected chi connectivity index (χ0v) is 36.1. The molecular weight excluding hydrogens is 781 g/mol. The fraction of sp³-hybridized carbons (Fsp3) is 0.429. The third-order valence-corrected chi connectivity index (χ3v) is 10.2. The first-order valence-corrected chi connectivity index (χ1v) is 20.5. The van der Waals surface area contributed by atoms with Crippen LogP contribution in [0, 0.1) is 5.41 Å². The highest BCUT2D eigenvalue weighted by atomic mass is 16.6. The van der Waals surface area contributed by atoms with E-state index < -0.39 is 55.7 Å². The lowest BCUT2D eigenvalue weighted by Gasteiger charge is -2.31. The van der Waals surface area contributed by atoms with Crippen molar-refractivity contribution in [2.75, 3.05) is 26.4 Å². The number of hydrogen-bond donors (Lipinski definition) is 4. The fourth-order valence-corrected chi connectivity index (χ4v) is 6.43. The maximum absolute atomic E-state index is 13.5. The summed E-state index contributed by atoms with van der Waals surface area (Å²) in [6.07, 6.45) is 1.10. The summed E-state index contributed by atoms with van der Waals surface area (Å²) in [7, 11) is 0. The zero-order valence-electron chi connectivity index (χ0n) is 36.1. The second-order valence-electron chi connectivity index (χ2n) is 17.7. The topological polar surface area (TPSA) is 186 Å². The predicted molar refractivity (Wildman–Crippen MR) is 229 cm³/mol. The van der Waals surface area contributed by atoms with E-state index in [4.69, 9.17) is 18.9 Å². The molecule has 61 heavy (non-hydrogen) atoms. The maximum atomic E-state index is 13.5. The average Bonchev–Trinajstić information content (AvgIpc) is 3.21. The van der Waals surface area contributed by atoms with Crippen LogP contribution in [-0.4, -0.2) is 70.7 Å². The summed E-state index contributed by atoms with van der Waals surface area (Å²) in [6.45, 7) is 10.3. The molecule has 0 atom stereocenters. The van der Waals surface area contributed by atoms with Crippen molar-refractivity contribution in [3.63, 3.8) is 0 Å². The van der Waals surface area contributed by atoms with Crippen molar-refractivity contribution in [1.82, 2.24) is 0 Å². The Labute approximate surface area is 358 Å². The summed E-state index contributed by atoms with van der Waals surface area (Å²) in [5.74, 6) is -1.89. The highest BCUT2D eigenvalue weighted by Gasteiger charge is 2.38. The molecule has 0 spiro atoms. The summed E-state index contributed by atoms with van der Waals surface area (Å²) in [5, 5.41) is 40.1. The van der Waals surface area contributed by atoms with Gasteiger partial charge in [-0.3, -0.25) is 19.2 Å². The van der Waals surface area contributed by atoms with E-state index >= 15 is 0 Å². The number of rotatable bonds is 20. The van der Waals surface area contributed by atoms with Crippen LogP contribution in [0.2, 0.25) is 0 Å². The molecule has 12 heteroatoms. The standard InChI is InChI=1S/C49H60O12/c1-47(2,3)40-27-36(28-41(46(40)57)48(4,5)6)16-26-45(56)61-32-49(29-58-42(53)23-13-33-7-17-37(50)18-8-33,30-59-43(54)24-14-34-9-19-38(51)20-10-34)31-60-44(55)25-15-35-11-21-39(52)22-12-35/h7-12,17-22,27-28,50-52,57H,13-16,23-26,29-32H2,1-6H3. The number of phenols is 4. The molecule has 0 aliphatic heterocycles. The van der Waals surface area contributed by atoms with E-state index in [0.717, 1.165) is 33.4 Å². The number of phenolic OH excluding ortho intramolecular Hbond substituents is 4. The predicted octanol–water partition coefficient (Wildman–Crippen LogP) is 8.09. The molecule has 0 aliphatic rings. The molecule has 4 aromatic carbocycles. The second-order valence-corrected chi connectivity index (χ2v) is 17.7. The van der Waals surface area contributed by atoms with Gasteiger partial charge in [-0.25, -0.2) is 0 Å². The van der Waals surface area contributed by atoms with Crippen molar-refractivity contribution in [2.24, 2.45) is 5.41 Å². The number of carbonyl (C=O) groups excluding carboxylic acids is 4. The first-order valence-electron chi connectivity index (χ1n) is 20.5. The van der Waals surface area contributed by atoms with Crippen molar-refractivity contribution in [3.8, 4) is 23.0 Å². The molecule has 0 unspecified atom stereocenters. The molecule has 0 bridgehead atoms. The smallest absolute Gasteiger partial charge is 0.306 e. The van der Waals surface area contributed by atoms with Crippen LogP contribution in [0.4, 0.5) is 0 Å². The quantitative estimate of drug-likeness (QED) is 0.0496. The Morgan fingerprint density at radius 3 is 0.902 bits per heavy atom. The van der Waals surface area contributed by atoms with Gasteiger partial charge in [0.1, 0.15) is 54.8 Å². The van der Waals surface area contributed by atoms with Crippen LogP contribution in [0.25, 0.3) is 0 Å². The van der Waals surface area contributed by atoms with Gasteiger partial charge in [-0.05, 0) is 106 Å². The van der Waals surface area contributed by atoms with E-state index in [1.54, 1.807) is 36.4 Å². The molecule has 0 amide bonds. The number of aromatic hydroxyl groups is 4. The number of benzene rings is 4. The van der Waals surface area contributed by atoms with Crippen LogP contribution in [0.5, 0.6) is 23.0 Å². The lowest BCUT2D eigenvalue weighted by atomic mass is 9.78. The van der Waals surface area contributed by atoms with Crippen LogP contribution < -0.4 is 0 Å². The summed E-state index contributed by atoms with van der Waals surface area (Å²) < 4.78 is 23.0.